The number of hydrogen-bond donors (Lipinski definition) is 1. The highest BCUT2D eigenvalue weighted by molar-refractivity contribution is 7.86. The van der Waals surface area contributed by atoms with E-state index in [4.69, 9.17) is 10.5 Å². The van der Waals surface area contributed by atoms with Crippen molar-refractivity contribution in [1.29, 1.82) is 0 Å². The Morgan fingerprint density at radius 2 is 1.58 bits per heavy atom. The van der Waals surface area contributed by atoms with Gasteiger partial charge >= 0.3 is 0 Å². The third kappa shape index (κ3) is 3.91. The summed E-state index contributed by atoms with van der Waals surface area (Å²) in [6.07, 6.45) is 3.66. The molecule has 0 spiro atoms. The SMILES string of the molecule is NC1CCCC(C(=O)N2CCN(S(=O)(=O)N3CCOCC3)CC2)C1. The summed E-state index contributed by atoms with van der Waals surface area (Å²) in [6.45, 7) is 3.36. The second-order valence-corrected chi connectivity index (χ2v) is 8.80. The van der Waals surface area contributed by atoms with Gasteiger partial charge in [0.1, 0.15) is 0 Å². The van der Waals surface area contributed by atoms with Crippen molar-refractivity contribution < 1.29 is 17.9 Å². The minimum Gasteiger partial charge on any atom is -0.379 e. The predicted molar refractivity (Wildman–Crippen MR) is 89.4 cm³/mol. The molecule has 3 rings (SSSR count). The van der Waals surface area contributed by atoms with Crippen molar-refractivity contribution in [2.75, 3.05) is 52.5 Å². The van der Waals surface area contributed by atoms with E-state index in [0.29, 0.717) is 52.5 Å². The zero-order chi connectivity index (χ0) is 17.2. The van der Waals surface area contributed by atoms with Crippen molar-refractivity contribution in [3.63, 3.8) is 0 Å². The van der Waals surface area contributed by atoms with E-state index < -0.39 is 10.2 Å². The number of hydrogen-bond acceptors (Lipinski definition) is 5. The molecule has 2 unspecified atom stereocenters. The molecule has 0 aromatic rings. The maximum atomic E-state index is 12.6. The smallest absolute Gasteiger partial charge is 0.282 e. The Balaban J connectivity index is 1.54. The molecule has 1 amide bonds. The van der Waals surface area contributed by atoms with Gasteiger partial charge in [0.25, 0.3) is 10.2 Å². The van der Waals surface area contributed by atoms with E-state index in [1.807, 2.05) is 4.90 Å². The molecule has 2 N–H and O–H groups in total. The van der Waals surface area contributed by atoms with Crippen LogP contribution >= 0.6 is 0 Å². The molecular weight excluding hydrogens is 332 g/mol. The van der Waals surface area contributed by atoms with Crippen LogP contribution in [0.3, 0.4) is 0 Å². The maximum Gasteiger partial charge on any atom is 0.282 e. The van der Waals surface area contributed by atoms with Gasteiger partial charge in [0.2, 0.25) is 5.91 Å². The molecule has 138 valence electrons. The van der Waals surface area contributed by atoms with Gasteiger partial charge in [-0.1, -0.05) is 6.42 Å². The molecule has 3 aliphatic rings. The van der Waals surface area contributed by atoms with Crippen LogP contribution in [-0.4, -0.2) is 86.4 Å². The molecule has 2 saturated heterocycles. The van der Waals surface area contributed by atoms with Gasteiger partial charge in [-0.2, -0.15) is 17.0 Å². The Morgan fingerprint density at radius 1 is 0.958 bits per heavy atom. The summed E-state index contributed by atoms with van der Waals surface area (Å²) in [5.41, 5.74) is 5.98. The van der Waals surface area contributed by atoms with Crippen LogP contribution in [-0.2, 0) is 19.7 Å². The van der Waals surface area contributed by atoms with Gasteiger partial charge in [-0.25, -0.2) is 0 Å². The van der Waals surface area contributed by atoms with E-state index in [1.165, 1.54) is 8.61 Å². The lowest BCUT2D eigenvalue weighted by molar-refractivity contribution is -0.138. The van der Waals surface area contributed by atoms with Crippen LogP contribution in [0.25, 0.3) is 0 Å². The molecular formula is C15H28N4O4S. The Bertz CT molecular complexity index is 542. The lowest BCUT2D eigenvalue weighted by atomic mass is 9.85. The second kappa shape index (κ2) is 7.65. The van der Waals surface area contributed by atoms with Crippen LogP contribution in [0, 0.1) is 5.92 Å². The van der Waals surface area contributed by atoms with Crippen LogP contribution < -0.4 is 5.73 Å². The van der Waals surface area contributed by atoms with Crippen molar-refractivity contribution in [3.8, 4) is 0 Å². The number of nitrogens with two attached hydrogens (primary N) is 1. The summed E-state index contributed by atoms with van der Waals surface area (Å²) in [5, 5.41) is 0. The Labute approximate surface area is 144 Å². The predicted octanol–water partition coefficient (Wildman–Crippen LogP) is -0.775. The molecule has 8 nitrogen and oxygen atoms in total. The molecule has 9 heteroatoms. The van der Waals surface area contributed by atoms with Crippen molar-refractivity contribution in [2.45, 2.75) is 31.7 Å². The third-order valence-corrected chi connectivity index (χ3v) is 7.27. The molecule has 0 bridgehead atoms. The number of ether oxygens (including phenoxy) is 1. The minimum absolute atomic E-state index is 0.0103. The van der Waals surface area contributed by atoms with Gasteiger partial charge in [-0.3, -0.25) is 4.79 Å². The van der Waals surface area contributed by atoms with Crippen LogP contribution in [0.15, 0.2) is 0 Å². The molecule has 2 aliphatic heterocycles. The number of morpholine rings is 1. The molecule has 2 atom stereocenters. The topological polar surface area (TPSA) is 96.2 Å². The number of amides is 1. The van der Waals surface area contributed by atoms with Gasteiger partial charge < -0.3 is 15.4 Å². The summed E-state index contributed by atoms with van der Waals surface area (Å²) in [5.74, 6) is 0.157. The van der Waals surface area contributed by atoms with Crippen molar-refractivity contribution in [2.24, 2.45) is 11.7 Å². The largest absolute Gasteiger partial charge is 0.379 e. The fourth-order valence-corrected chi connectivity index (χ4v) is 5.35. The monoisotopic (exact) mass is 360 g/mol. The molecule has 0 aromatic carbocycles. The highest BCUT2D eigenvalue weighted by Crippen LogP contribution is 2.25. The van der Waals surface area contributed by atoms with Crippen LogP contribution in [0.1, 0.15) is 25.7 Å². The summed E-state index contributed by atoms with van der Waals surface area (Å²) < 4.78 is 33.5. The molecule has 1 saturated carbocycles. The van der Waals surface area contributed by atoms with Gasteiger partial charge in [-0.15, -0.1) is 0 Å². The van der Waals surface area contributed by atoms with Crippen LogP contribution in [0.4, 0.5) is 0 Å². The average molecular weight is 360 g/mol. The van der Waals surface area contributed by atoms with Gasteiger partial charge in [0.15, 0.2) is 0 Å². The van der Waals surface area contributed by atoms with E-state index in [2.05, 4.69) is 0 Å². The minimum atomic E-state index is -3.44. The first-order valence-corrected chi connectivity index (χ1v) is 10.3. The lowest BCUT2D eigenvalue weighted by Crippen LogP contribution is -2.56. The standard InChI is InChI=1S/C15H28N4O4S/c16-14-3-1-2-13(12-14)15(20)17-4-6-18(7-5-17)24(21,22)19-8-10-23-11-9-19/h13-14H,1-12,16H2. The summed E-state index contributed by atoms with van der Waals surface area (Å²) in [4.78, 5) is 14.4. The van der Waals surface area contributed by atoms with Gasteiger partial charge in [0.05, 0.1) is 13.2 Å². The number of rotatable bonds is 3. The number of nitrogens with zero attached hydrogens (tertiary/aromatic N) is 3. The fourth-order valence-electron chi connectivity index (χ4n) is 3.79. The van der Waals surface area contributed by atoms with Crippen molar-refractivity contribution >= 4 is 16.1 Å². The summed E-state index contributed by atoms with van der Waals surface area (Å²) in [6, 6.07) is 0.121. The van der Waals surface area contributed by atoms with E-state index in [9.17, 15) is 13.2 Å². The van der Waals surface area contributed by atoms with Crippen molar-refractivity contribution in [1.82, 2.24) is 13.5 Å². The molecule has 0 radical (unpaired) electrons. The zero-order valence-electron chi connectivity index (χ0n) is 14.1. The summed E-state index contributed by atoms with van der Waals surface area (Å²) in [7, 11) is -3.44. The first-order valence-electron chi connectivity index (χ1n) is 8.86. The molecule has 24 heavy (non-hydrogen) atoms. The lowest BCUT2D eigenvalue weighted by Gasteiger charge is -2.39. The molecule has 0 aromatic heterocycles. The summed E-state index contributed by atoms with van der Waals surface area (Å²) >= 11 is 0. The average Bonchev–Trinajstić information content (AvgIpc) is 2.62. The number of carbonyl (C=O) groups excluding carboxylic acids is 1. The first kappa shape index (κ1) is 18.1. The van der Waals surface area contributed by atoms with Gasteiger partial charge in [-0.05, 0) is 19.3 Å². The fraction of sp³-hybridized carbons (Fsp3) is 0.933. The Morgan fingerprint density at radius 3 is 2.21 bits per heavy atom. The molecule has 2 heterocycles. The van der Waals surface area contributed by atoms with Crippen molar-refractivity contribution in [3.05, 3.63) is 0 Å². The third-order valence-electron chi connectivity index (χ3n) is 5.24. The molecule has 1 aliphatic carbocycles. The van der Waals surface area contributed by atoms with E-state index in [-0.39, 0.29) is 17.9 Å². The highest BCUT2D eigenvalue weighted by Gasteiger charge is 2.36. The quantitative estimate of drug-likeness (QED) is 0.713. The maximum absolute atomic E-state index is 12.6. The van der Waals surface area contributed by atoms with E-state index >= 15 is 0 Å². The number of carbonyl (C=O) groups is 1. The first-order chi connectivity index (χ1) is 11.5. The van der Waals surface area contributed by atoms with Crippen LogP contribution in [0.5, 0.6) is 0 Å². The highest BCUT2D eigenvalue weighted by atomic mass is 32.2. The van der Waals surface area contributed by atoms with E-state index in [0.717, 1.165) is 25.7 Å². The van der Waals surface area contributed by atoms with Crippen LogP contribution in [0.2, 0.25) is 0 Å². The second-order valence-electron chi connectivity index (χ2n) is 6.87. The Kier molecular flexibility index (Phi) is 5.76. The zero-order valence-corrected chi connectivity index (χ0v) is 14.9. The normalized spacial score (nSPS) is 31.1. The Hall–Kier alpha value is -0.740. The van der Waals surface area contributed by atoms with Gasteiger partial charge in [0, 0.05) is 51.2 Å². The number of piperazine rings is 1. The molecule has 3 fully saturated rings. The van der Waals surface area contributed by atoms with E-state index in [1.54, 1.807) is 0 Å².